The summed E-state index contributed by atoms with van der Waals surface area (Å²) in [5.41, 5.74) is 5.63. The molecule has 2 unspecified atom stereocenters. The standard InChI is InChI=1S/C6H17NOSi/c1-5(6(2)7)3-4-8-9/h5-6H,3-4,7H2,1-2,9H3. The van der Waals surface area contributed by atoms with E-state index in [1.54, 1.807) is 0 Å². The molecule has 0 saturated carbocycles. The van der Waals surface area contributed by atoms with Gasteiger partial charge in [0, 0.05) is 12.6 Å². The lowest BCUT2D eigenvalue weighted by atomic mass is 10.0. The molecule has 2 atom stereocenters. The van der Waals surface area contributed by atoms with Crippen molar-refractivity contribution >= 4 is 10.5 Å². The molecular weight excluding hydrogens is 130 g/mol. The quantitative estimate of drug-likeness (QED) is 0.552. The van der Waals surface area contributed by atoms with Crippen LogP contribution in [0.3, 0.4) is 0 Å². The smallest absolute Gasteiger partial charge is 0.145 e. The summed E-state index contributed by atoms with van der Waals surface area (Å²) in [7, 11) is 0.850. The van der Waals surface area contributed by atoms with E-state index in [-0.39, 0.29) is 0 Å². The average Bonchev–Trinajstić information content (AvgIpc) is 1.82. The van der Waals surface area contributed by atoms with Gasteiger partial charge in [-0.25, -0.2) is 0 Å². The molecule has 0 aliphatic carbocycles. The third kappa shape index (κ3) is 4.63. The SMILES string of the molecule is CC(N)C(C)CCO[SiH3]. The molecule has 0 aromatic rings. The number of hydrogen-bond donors (Lipinski definition) is 1. The van der Waals surface area contributed by atoms with Gasteiger partial charge in [0.1, 0.15) is 10.5 Å². The summed E-state index contributed by atoms with van der Waals surface area (Å²) in [6.07, 6.45) is 1.10. The van der Waals surface area contributed by atoms with Crippen molar-refractivity contribution in [3.8, 4) is 0 Å². The van der Waals surface area contributed by atoms with Gasteiger partial charge in [-0.15, -0.1) is 0 Å². The maximum absolute atomic E-state index is 5.63. The number of hydrogen-bond acceptors (Lipinski definition) is 2. The molecule has 9 heavy (non-hydrogen) atoms. The molecule has 0 aliphatic heterocycles. The maximum atomic E-state index is 5.63. The van der Waals surface area contributed by atoms with E-state index in [4.69, 9.17) is 10.2 Å². The highest BCUT2D eigenvalue weighted by atomic mass is 28.2. The van der Waals surface area contributed by atoms with Gasteiger partial charge in [-0.2, -0.15) is 0 Å². The predicted molar refractivity (Wildman–Crippen MR) is 43.3 cm³/mol. The highest BCUT2D eigenvalue weighted by molar-refractivity contribution is 5.97. The van der Waals surface area contributed by atoms with E-state index < -0.39 is 0 Å². The Morgan fingerprint density at radius 3 is 2.44 bits per heavy atom. The van der Waals surface area contributed by atoms with E-state index in [0.29, 0.717) is 12.0 Å². The Morgan fingerprint density at radius 2 is 2.11 bits per heavy atom. The second-order valence-electron chi connectivity index (χ2n) is 2.62. The van der Waals surface area contributed by atoms with Crippen LogP contribution in [0, 0.1) is 5.92 Å². The summed E-state index contributed by atoms with van der Waals surface area (Å²) in [6.45, 7) is 5.08. The summed E-state index contributed by atoms with van der Waals surface area (Å²) >= 11 is 0. The van der Waals surface area contributed by atoms with Crippen LogP contribution in [-0.4, -0.2) is 23.1 Å². The highest BCUT2D eigenvalue weighted by Gasteiger charge is 2.05. The Kier molecular flexibility index (Phi) is 5.04. The molecule has 0 fully saturated rings. The monoisotopic (exact) mass is 147 g/mol. The van der Waals surface area contributed by atoms with Gasteiger partial charge < -0.3 is 10.2 Å². The molecule has 0 aromatic carbocycles. The van der Waals surface area contributed by atoms with Crippen LogP contribution in [0.1, 0.15) is 20.3 Å². The molecule has 2 nitrogen and oxygen atoms in total. The van der Waals surface area contributed by atoms with E-state index in [1.165, 1.54) is 0 Å². The second kappa shape index (κ2) is 4.96. The molecule has 0 saturated heterocycles. The molecule has 0 amide bonds. The average molecular weight is 147 g/mol. The topological polar surface area (TPSA) is 35.2 Å². The van der Waals surface area contributed by atoms with Crippen molar-refractivity contribution in [1.29, 1.82) is 0 Å². The van der Waals surface area contributed by atoms with Gasteiger partial charge in [0.2, 0.25) is 0 Å². The summed E-state index contributed by atoms with van der Waals surface area (Å²) in [5.74, 6) is 0.596. The van der Waals surface area contributed by atoms with Crippen molar-refractivity contribution in [3.63, 3.8) is 0 Å². The van der Waals surface area contributed by atoms with Gasteiger partial charge >= 0.3 is 0 Å². The molecule has 3 heteroatoms. The minimum absolute atomic E-state index is 0.307. The first-order chi connectivity index (χ1) is 4.18. The normalized spacial score (nSPS) is 17.7. The summed E-state index contributed by atoms with van der Waals surface area (Å²) in [5, 5.41) is 0. The van der Waals surface area contributed by atoms with E-state index in [9.17, 15) is 0 Å². The van der Waals surface area contributed by atoms with Crippen molar-refractivity contribution in [3.05, 3.63) is 0 Å². The van der Waals surface area contributed by atoms with Crippen molar-refractivity contribution in [2.45, 2.75) is 26.3 Å². The van der Waals surface area contributed by atoms with Gasteiger partial charge in [-0.3, -0.25) is 0 Å². The lowest BCUT2D eigenvalue weighted by Crippen LogP contribution is -2.25. The van der Waals surface area contributed by atoms with E-state index in [1.807, 2.05) is 6.92 Å². The van der Waals surface area contributed by atoms with E-state index >= 15 is 0 Å². The van der Waals surface area contributed by atoms with Crippen molar-refractivity contribution in [2.24, 2.45) is 11.7 Å². The maximum Gasteiger partial charge on any atom is 0.145 e. The van der Waals surface area contributed by atoms with Gasteiger partial charge in [-0.05, 0) is 19.3 Å². The Morgan fingerprint density at radius 1 is 1.56 bits per heavy atom. The zero-order valence-corrected chi connectivity index (χ0v) is 8.55. The first-order valence-corrected chi connectivity index (χ1v) is 4.24. The molecule has 2 N–H and O–H groups in total. The van der Waals surface area contributed by atoms with Gasteiger partial charge in [-0.1, -0.05) is 6.92 Å². The minimum Gasteiger partial charge on any atom is -0.428 e. The summed E-state index contributed by atoms with van der Waals surface area (Å²) in [4.78, 5) is 0. The Bertz CT molecular complexity index is 68.1. The summed E-state index contributed by atoms with van der Waals surface area (Å²) in [6, 6.07) is 0.307. The molecule has 0 radical (unpaired) electrons. The zero-order valence-electron chi connectivity index (χ0n) is 6.55. The first-order valence-electron chi connectivity index (χ1n) is 3.43. The molecule has 0 bridgehead atoms. The van der Waals surface area contributed by atoms with Crippen LogP contribution in [0.2, 0.25) is 0 Å². The fourth-order valence-corrected chi connectivity index (χ4v) is 0.802. The highest BCUT2D eigenvalue weighted by Crippen LogP contribution is 2.04. The molecule has 0 aromatic heterocycles. The summed E-state index contributed by atoms with van der Waals surface area (Å²) < 4.78 is 5.05. The van der Waals surface area contributed by atoms with E-state index in [0.717, 1.165) is 23.5 Å². The minimum atomic E-state index is 0.307. The van der Waals surface area contributed by atoms with Gasteiger partial charge in [0.25, 0.3) is 0 Å². The molecule has 0 rings (SSSR count). The van der Waals surface area contributed by atoms with Crippen LogP contribution in [0.25, 0.3) is 0 Å². The molecule has 0 heterocycles. The van der Waals surface area contributed by atoms with Crippen LogP contribution in [0.5, 0.6) is 0 Å². The molecule has 0 aliphatic rings. The Balaban J connectivity index is 3.16. The largest absolute Gasteiger partial charge is 0.428 e. The van der Waals surface area contributed by atoms with Gasteiger partial charge in [0.05, 0.1) is 0 Å². The fraction of sp³-hybridized carbons (Fsp3) is 1.00. The second-order valence-corrected chi connectivity index (χ2v) is 3.20. The molecule has 0 spiro atoms. The predicted octanol–water partition coefficient (Wildman–Crippen LogP) is -0.343. The van der Waals surface area contributed by atoms with Crippen LogP contribution in [0.4, 0.5) is 0 Å². The number of nitrogens with two attached hydrogens (primary N) is 1. The van der Waals surface area contributed by atoms with Crippen molar-refractivity contribution in [1.82, 2.24) is 0 Å². The zero-order chi connectivity index (χ0) is 7.28. The Hall–Kier alpha value is 0.137. The lowest BCUT2D eigenvalue weighted by Gasteiger charge is -2.13. The Labute approximate surface area is 60.3 Å². The lowest BCUT2D eigenvalue weighted by molar-refractivity contribution is 0.293. The van der Waals surface area contributed by atoms with Crippen LogP contribution >= 0.6 is 0 Å². The third-order valence-electron chi connectivity index (χ3n) is 1.67. The van der Waals surface area contributed by atoms with Crippen molar-refractivity contribution < 1.29 is 4.43 Å². The van der Waals surface area contributed by atoms with Crippen LogP contribution in [-0.2, 0) is 4.43 Å². The molecular formula is C6H17NOSi. The first kappa shape index (κ1) is 9.14. The van der Waals surface area contributed by atoms with Crippen molar-refractivity contribution in [2.75, 3.05) is 6.61 Å². The van der Waals surface area contributed by atoms with Crippen LogP contribution in [0.15, 0.2) is 0 Å². The molecule has 56 valence electrons. The van der Waals surface area contributed by atoms with Gasteiger partial charge in [0.15, 0.2) is 0 Å². The van der Waals surface area contributed by atoms with E-state index in [2.05, 4.69) is 6.92 Å². The fourth-order valence-electron chi connectivity index (χ4n) is 0.567. The van der Waals surface area contributed by atoms with Crippen LogP contribution < -0.4 is 5.73 Å². The third-order valence-corrected chi connectivity index (χ3v) is 2.08. The number of rotatable bonds is 4.